The molecule has 0 amide bonds. The number of hydrogen-bond donors (Lipinski definition) is 2. The van der Waals surface area contributed by atoms with E-state index in [1.54, 1.807) is 14.2 Å². The predicted octanol–water partition coefficient (Wildman–Crippen LogP) is 1.93. The maximum atomic E-state index is 5.09. The summed E-state index contributed by atoms with van der Waals surface area (Å²) in [5, 5.41) is 6.75. The fourth-order valence-corrected chi connectivity index (χ4v) is 3.05. The average molecular weight is 490 g/mol. The Morgan fingerprint density at radius 3 is 2.78 bits per heavy atom. The molecule has 0 saturated carbocycles. The van der Waals surface area contributed by atoms with Crippen LogP contribution in [0.15, 0.2) is 23.3 Å². The average Bonchev–Trinajstić information content (AvgIpc) is 3.20. The van der Waals surface area contributed by atoms with E-state index < -0.39 is 0 Å². The van der Waals surface area contributed by atoms with E-state index in [0.717, 1.165) is 64.1 Å². The van der Waals surface area contributed by atoms with E-state index in [2.05, 4.69) is 49.6 Å². The number of likely N-dealkylation sites (N-methyl/N-ethyl adjacent to an activating group) is 1. The van der Waals surface area contributed by atoms with Crippen LogP contribution >= 0.6 is 24.0 Å². The molecule has 0 radical (unpaired) electrons. The molecule has 27 heavy (non-hydrogen) atoms. The van der Waals surface area contributed by atoms with Gasteiger partial charge in [0.25, 0.3) is 0 Å². The molecule has 1 aliphatic heterocycles. The molecule has 0 spiro atoms. The predicted molar refractivity (Wildman–Crippen MR) is 123 cm³/mol. The number of nitrogens with zero attached hydrogens (tertiary/aromatic N) is 4. The number of hydrogen-bond acceptors (Lipinski definition) is 5. The van der Waals surface area contributed by atoms with Gasteiger partial charge in [-0.15, -0.1) is 24.0 Å². The van der Waals surface area contributed by atoms with Crippen LogP contribution in [0.25, 0.3) is 0 Å². The van der Waals surface area contributed by atoms with Gasteiger partial charge in [0.15, 0.2) is 5.96 Å². The molecule has 0 aromatic carbocycles. The van der Waals surface area contributed by atoms with Crippen molar-refractivity contribution in [2.45, 2.75) is 25.8 Å². The lowest BCUT2D eigenvalue weighted by atomic mass is 10.2. The van der Waals surface area contributed by atoms with Crippen LogP contribution < -0.4 is 15.5 Å². The van der Waals surface area contributed by atoms with Gasteiger partial charge in [0.1, 0.15) is 5.82 Å². The van der Waals surface area contributed by atoms with E-state index in [9.17, 15) is 0 Å². The van der Waals surface area contributed by atoms with Crippen molar-refractivity contribution >= 4 is 35.8 Å². The molecule has 0 unspecified atom stereocenters. The molecule has 1 aliphatic rings. The van der Waals surface area contributed by atoms with Gasteiger partial charge in [0.2, 0.25) is 0 Å². The van der Waals surface area contributed by atoms with Crippen molar-refractivity contribution < 1.29 is 4.74 Å². The Morgan fingerprint density at radius 1 is 1.30 bits per heavy atom. The molecule has 1 saturated heterocycles. The number of anilines is 1. The minimum atomic E-state index is 0. The second-order valence-electron chi connectivity index (χ2n) is 6.72. The number of pyridine rings is 1. The Morgan fingerprint density at radius 2 is 2.07 bits per heavy atom. The minimum Gasteiger partial charge on any atom is -0.385 e. The Bertz CT molecular complexity index is 551. The topological polar surface area (TPSA) is 65.0 Å². The van der Waals surface area contributed by atoms with E-state index in [4.69, 9.17) is 4.74 Å². The summed E-state index contributed by atoms with van der Waals surface area (Å²) in [5.41, 5.74) is 1.22. The van der Waals surface area contributed by atoms with E-state index in [-0.39, 0.29) is 24.0 Å². The summed E-state index contributed by atoms with van der Waals surface area (Å²) in [5.74, 6) is 1.91. The molecule has 154 valence electrons. The van der Waals surface area contributed by atoms with Crippen LogP contribution in [0.3, 0.4) is 0 Å². The van der Waals surface area contributed by atoms with Gasteiger partial charge >= 0.3 is 0 Å². The largest absolute Gasteiger partial charge is 0.385 e. The summed E-state index contributed by atoms with van der Waals surface area (Å²) in [6.45, 7) is 6.66. The van der Waals surface area contributed by atoms with Crippen LogP contribution in [0.2, 0.25) is 0 Å². The Kier molecular flexibility index (Phi) is 12.4. The van der Waals surface area contributed by atoms with Crippen molar-refractivity contribution in [3.8, 4) is 0 Å². The van der Waals surface area contributed by atoms with Crippen LogP contribution in [-0.4, -0.2) is 76.4 Å². The third-order valence-corrected chi connectivity index (χ3v) is 4.60. The molecule has 8 heteroatoms. The summed E-state index contributed by atoms with van der Waals surface area (Å²) >= 11 is 0. The molecule has 2 heterocycles. The first kappa shape index (κ1) is 23.9. The maximum Gasteiger partial charge on any atom is 0.191 e. The number of nitrogens with one attached hydrogen (secondary N) is 2. The summed E-state index contributed by atoms with van der Waals surface area (Å²) in [7, 11) is 5.68. The van der Waals surface area contributed by atoms with Gasteiger partial charge in [-0.2, -0.15) is 0 Å². The molecule has 2 N–H and O–H groups in total. The van der Waals surface area contributed by atoms with Crippen molar-refractivity contribution in [1.29, 1.82) is 0 Å². The molecule has 2 rings (SSSR count). The molecule has 0 aliphatic carbocycles. The number of aliphatic imine (C=N–C) groups is 1. The van der Waals surface area contributed by atoms with E-state index in [0.29, 0.717) is 0 Å². The van der Waals surface area contributed by atoms with E-state index in [1.165, 1.54) is 18.4 Å². The highest BCUT2D eigenvalue weighted by atomic mass is 127. The molecular weight excluding hydrogens is 455 g/mol. The lowest BCUT2D eigenvalue weighted by Crippen LogP contribution is -2.40. The van der Waals surface area contributed by atoms with Crippen LogP contribution in [0.1, 0.15) is 24.8 Å². The summed E-state index contributed by atoms with van der Waals surface area (Å²) < 4.78 is 5.09. The normalized spacial score (nSPS) is 14.4. The zero-order valence-corrected chi connectivity index (χ0v) is 19.2. The van der Waals surface area contributed by atoms with Crippen LogP contribution in [0, 0.1) is 0 Å². The standard InChI is InChI=1S/C19H34N6O.HI/c1-20-19(22-9-13-24(2)10-6-14-26-3)23-16-17-7-8-21-18(15-17)25-11-4-5-12-25;/h7-8,15H,4-6,9-14,16H2,1-3H3,(H2,20,22,23);1H. The summed E-state index contributed by atoms with van der Waals surface area (Å²) in [4.78, 5) is 13.5. The lowest BCUT2D eigenvalue weighted by molar-refractivity contribution is 0.180. The molecule has 1 aromatic rings. The van der Waals surface area contributed by atoms with E-state index >= 15 is 0 Å². The molecule has 0 bridgehead atoms. The first-order chi connectivity index (χ1) is 12.7. The zero-order valence-electron chi connectivity index (χ0n) is 16.9. The monoisotopic (exact) mass is 490 g/mol. The number of halogens is 1. The number of ether oxygens (including phenoxy) is 1. The lowest BCUT2D eigenvalue weighted by Gasteiger charge is -2.19. The number of aromatic nitrogens is 1. The maximum absolute atomic E-state index is 5.09. The van der Waals surface area contributed by atoms with Crippen LogP contribution in [0.4, 0.5) is 5.82 Å². The molecule has 1 fully saturated rings. The number of rotatable bonds is 10. The highest BCUT2D eigenvalue weighted by Crippen LogP contribution is 2.18. The van der Waals surface area contributed by atoms with Crippen molar-refractivity contribution in [3.63, 3.8) is 0 Å². The van der Waals surface area contributed by atoms with Crippen molar-refractivity contribution in [1.82, 2.24) is 20.5 Å². The quantitative estimate of drug-likeness (QED) is 0.226. The zero-order chi connectivity index (χ0) is 18.6. The Hall–Kier alpha value is -1.13. The van der Waals surface area contributed by atoms with E-state index in [1.807, 2.05) is 6.20 Å². The molecule has 0 atom stereocenters. The van der Waals surface area contributed by atoms with Crippen molar-refractivity contribution in [2.75, 3.05) is 65.4 Å². The highest BCUT2D eigenvalue weighted by Gasteiger charge is 2.13. The third-order valence-electron chi connectivity index (χ3n) is 4.60. The van der Waals surface area contributed by atoms with Crippen LogP contribution in [0.5, 0.6) is 0 Å². The second-order valence-corrected chi connectivity index (χ2v) is 6.72. The highest BCUT2D eigenvalue weighted by molar-refractivity contribution is 14.0. The van der Waals surface area contributed by atoms with Gasteiger partial charge in [0.05, 0.1) is 0 Å². The van der Waals surface area contributed by atoms with Crippen molar-refractivity contribution in [3.05, 3.63) is 23.9 Å². The van der Waals surface area contributed by atoms with Gasteiger partial charge in [0, 0.05) is 66.2 Å². The SMILES string of the molecule is CN=C(NCCN(C)CCCOC)NCc1ccnc(N2CCCC2)c1.I. The van der Waals surface area contributed by atoms with Gasteiger partial charge in [-0.3, -0.25) is 4.99 Å². The Labute approximate surface area is 181 Å². The minimum absolute atomic E-state index is 0. The first-order valence-corrected chi connectivity index (χ1v) is 9.55. The second kappa shape index (κ2) is 14.0. The number of guanidine groups is 1. The fourth-order valence-electron chi connectivity index (χ4n) is 3.05. The van der Waals surface area contributed by atoms with Crippen molar-refractivity contribution in [2.24, 2.45) is 4.99 Å². The van der Waals surface area contributed by atoms with Gasteiger partial charge in [-0.05, 0) is 44.0 Å². The third kappa shape index (κ3) is 9.07. The molecule has 7 nitrogen and oxygen atoms in total. The Balaban J connectivity index is 0.00000364. The fraction of sp³-hybridized carbons (Fsp3) is 0.684. The number of methoxy groups -OCH3 is 1. The van der Waals surface area contributed by atoms with Gasteiger partial charge in [-0.25, -0.2) is 4.98 Å². The summed E-state index contributed by atoms with van der Waals surface area (Å²) in [6, 6.07) is 4.23. The van der Waals surface area contributed by atoms with Gasteiger partial charge in [-0.1, -0.05) is 0 Å². The smallest absolute Gasteiger partial charge is 0.191 e. The van der Waals surface area contributed by atoms with Crippen LogP contribution in [-0.2, 0) is 11.3 Å². The molecule has 1 aromatic heterocycles. The molecular formula is C19H35IN6O. The van der Waals surface area contributed by atoms with Gasteiger partial charge < -0.3 is 25.2 Å². The first-order valence-electron chi connectivity index (χ1n) is 9.55. The summed E-state index contributed by atoms with van der Waals surface area (Å²) in [6.07, 6.45) is 5.48.